The van der Waals surface area contributed by atoms with Crippen LogP contribution in [0.25, 0.3) is 0 Å². The summed E-state index contributed by atoms with van der Waals surface area (Å²) in [4.78, 5) is 15.5. The minimum atomic E-state index is -0.278. The lowest BCUT2D eigenvalue weighted by Gasteiger charge is -2.46. The van der Waals surface area contributed by atoms with Crippen molar-refractivity contribution < 1.29 is 14.3 Å². The molecule has 0 aliphatic carbocycles. The molecule has 4 heteroatoms. The highest BCUT2D eigenvalue weighted by Gasteiger charge is 2.48. The maximum absolute atomic E-state index is 13.4. The van der Waals surface area contributed by atoms with Crippen LogP contribution in [0.2, 0.25) is 0 Å². The lowest BCUT2D eigenvalue weighted by molar-refractivity contribution is -0.149. The van der Waals surface area contributed by atoms with Gasteiger partial charge in [-0.3, -0.25) is 4.79 Å². The Kier molecular flexibility index (Phi) is 4.59. The summed E-state index contributed by atoms with van der Waals surface area (Å²) in [5, 5.41) is 0. The molecule has 1 aromatic rings. The number of rotatable bonds is 2. The summed E-state index contributed by atoms with van der Waals surface area (Å²) in [6, 6.07) is 10.5. The van der Waals surface area contributed by atoms with Gasteiger partial charge in [-0.25, -0.2) is 0 Å². The predicted octanol–water partition coefficient (Wildman–Crippen LogP) is 3.50. The van der Waals surface area contributed by atoms with Crippen molar-refractivity contribution in [3.05, 3.63) is 35.9 Å². The van der Waals surface area contributed by atoms with Gasteiger partial charge in [0.25, 0.3) is 5.91 Å². The third kappa shape index (κ3) is 3.11. The summed E-state index contributed by atoms with van der Waals surface area (Å²) in [7, 11) is 0. The molecule has 3 aliphatic heterocycles. The zero-order chi connectivity index (χ0) is 17.3. The van der Waals surface area contributed by atoms with Gasteiger partial charge in [0.1, 0.15) is 6.10 Å². The number of hydrogen-bond acceptors (Lipinski definition) is 3. The number of amides is 1. The van der Waals surface area contributed by atoms with Crippen LogP contribution in [0.1, 0.15) is 51.0 Å². The molecular formula is C21H29NO3. The summed E-state index contributed by atoms with van der Waals surface area (Å²) in [6.45, 7) is 5.37. The van der Waals surface area contributed by atoms with E-state index in [1.54, 1.807) is 0 Å². The fourth-order valence-corrected chi connectivity index (χ4v) is 4.85. The second kappa shape index (κ2) is 6.73. The van der Waals surface area contributed by atoms with Gasteiger partial charge in [0.2, 0.25) is 0 Å². The van der Waals surface area contributed by atoms with Crippen LogP contribution in [0, 0.1) is 5.41 Å². The van der Waals surface area contributed by atoms with E-state index in [9.17, 15) is 4.79 Å². The molecule has 2 atom stereocenters. The SMILES string of the molecule is CC1(c2ccccc2)CCCCN1C(=O)C1CC2(CCOCC2)CO1. The average molecular weight is 343 g/mol. The van der Waals surface area contributed by atoms with Gasteiger partial charge in [0.15, 0.2) is 0 Å². The van der Waals surface area contributed by atoms with Gasteiger partial charge in [-0.1, -0.05) is 30.3 Å². The van der Waals surface area contributed by atoms with Crippen molar-refractivity contribution in [2.24, 2.45) is 5.41 Å². The van der Waals surface area contributed by atoms with Crippen molar-refractivity contribution in [1.29, 1.82) is 0 Å². The van der Waals surface area contributed by atoms with E-state index in [0.29, 0.717) is 6.61 Å². The topological polar surface area (TPSA) is 38.8 Å². The number of carbonyl (C=O) groups is 1. The molecule has 1 aromatic carbocycles. The van der Waals surface area contributed by atoms with E-state index in [2.05, 4.69) is 36.1 Å². The molecular weight excluding hydrogens is 314 g/mol. The fraction of sp³-hybridized carbons (Fsp3) is 0.667. The molecule has 25 heavy (non-hydrogen) atoms. The monoisotopic (exact) mass is 343 g/mol. The molecule has 4 nitrogen and oxygen atoms in total. The van der Waals surface area contributed by atoms with Crippen LogP contribution in [0.4, 0.5) is 0 Å². The first-order valence-electron chi connectivity index (χ1n) is 9.69. The second-order valence-electron chi connectivity index (χ2n) is 8.20. The van der Waals surface area contributed by atoms with Gasteiger partial charge < -0.3 is 14.4 Å². The van der Waals surface area contributed by atoms with Crippen molar-refractivity contribution in [1.82, 2.24) is 4.90 Å². The third-order valence-electron chi connectivity index (χ3n) is 6.59. The highest BCUT2D eigenvalue weighted by Crippen LogP contribution is 2.44. The van der Waals surface area contributed by atoms with Crippen LogP contribution < -0.4 is 0 Å². The van der Waals surface area contributed by atoms with Crippen molar-refractivity contribution >= 4 is 5.91 Å². The van der Waals surface area contributed by atoms with Crippen LogP contribution in [0.3, 0.4) is 0 Å². The normalized spacial score (nSPS) is 32.0. The number of ether oxygens (including phenoxy) is 2. The maximum atomic E-state index is 13.4. The molecule has 0 saturated carbocycles. The van der Waals surface area contributed by atoms with Gasteiger partial charge in [0, 0.05) is 25.2 Å². The Bertz CT molecular complexity index is 611. The minimum absolute atomic E-state index is 0.164. The highest BCUT2D eigenvalue weighted by atomic mass is 16.5. The quantitative estimate of drug-likeness (QED) is 0.825. The predicted molar refractivity (Wildman–Crippen MR) is 96.2 cm³/mol. The van der Waals surface area contributed by atoms with E-state index in [-0.39, 0.29) is 23.0 Å². The standard InChI is InChI=1S/C21H29NO3/c1-20(17-7-3-2-4-8-17)9-5-6-12-22(20)19(23)18-15-21(16-25-18)10-13-24-14-11-21/h2-4,7-8,18H,5-6,9-16H2,1H3. The number of carbonyl (C=O) groups excluding carboxylic acids is 1. The van der Waals surface area contributed by atoms with Crippen molar-refractivity contribution in [3.8, 4) is 0 Å². The highest BCUT2D eigenvalue weighted by molar-refractivity contribution is 5.82. The lowest BCUT2D eigenvalue weighted by Crippen LogP contribution is -2.53. The summed E-state index contributed by atoms with van der Waals surface area (Å²) < 4.78 is 11.6. The van der Waals surface area contributed by atoms with Gasteiger partial charge in [-0.2, -0.15) is 0 Å². The molecule has 2 unspecified atom stereocenters. The van der Waals surface area contributed by atoms with Gasteiger partial charge in [-0.15, -0.1) is 0 Å². The average Bonchev–Trinajstić information content (AvgIpc) is 3.06. The lowest BCUT2D eigenvalue weighted by atomic mass is 9.77. The molecule has 0 aromatic heterocycles. The molecule has 3 saturated heterocycles. The Labute approximate surface area is 150 Å². The largest absolute Gasteiger partial charge is 0.381 e. The summed E-state index contributed by atoms with van der Waals surface area (Å²) in [6.07, 6.45) is 5.89. The van der Waals surface area contributed by atoms with Crippen LogP contribution in [0.15, 0.2) is 30.3 Å². The van der Waals surface area contributed by atoms with Crippen molar-refractivity contribution in [3.63, 3.8) is 0 Å². The molecule has 136 valence electrons. The smallest absolute Gasteiger partial charge is 0.252 e. The number of nitrogens with zero attached hydrogens (tertiary/aromatic N) is 1. The maximum Gasteiger partial charge on any atom is 0.252 e. The van der Waals surface area contributed by atoms with E-state index < -0.39 is 0 Å². The molecule has 1 spiro atoms. The zero-order valence-electron chi connectivity index (χ0n) is 15.2. The Hall–Kier alpha value is -1.39. The van der Waals surface area contributed by atoms with E-state index in [0.717, 1.165) is 51.9 Å². The first-order chi connectivity index (χ1) is 12.1. The minimum Gasteiger partial charge on any atom is -0.381 e. The molecule has 0 bridgehead atoms. The molecule has 4 rings (SSSR count). The fourth-order valence-electron chi connectivity index (χ4n) is 4.85. The van der Waals surface area contributed by atoms with Crippen molar-refractivity contribution in [2.45, 2.75) is 57.1 Å². The Morgan fingerprint density at radius 1 is 1.12 bits per heavy atom. The number of hydrogen-bond donors (Lipinski definition) is 0. The Morgan fingerprint density at radius 2 is 1.88 bits per heavy atom. The van der Waals surface area contributed by atoms with Gasteiger partial charge in [0.05, 0.1) is 12.1 Å². The van der Waals surface area contributed by atoms with Crippen LogP contribution in [0.5, 0.6) is 0 Å². The number of benzene rings is 1. The second-order valence-corrected chi connectivity index (χ2v) is 8.20. The van der Waals surface area contributed by atoms with Gasteiger partial charge >= 0.3 is 0 Å². The Balaban J connectivity index is 1.54. The molecule has 3 heterocycles. The Morgan fingerprint density at radius 3 is 2.64 bits per heavy atom. The van der Waals surface area contributed by atoms with Crippen LogP contribution in [-0.2, 0) is 19.8 Å². The summed E-state index contributed by atoms with van der Waals surface area (Å²) in [5.74, 6) is 0.189. The number of likely N-dealkylation sites (tertiary alicyclic amines) is 1. The van der Waals surface area contributed by atoms with Gasteiger partial charge in [-0.05, 0) is 51.0 Å². The first kappa shape index (κ1) is 17.0. The van der Waals surface area contributed by atoms with E-state index >= 15 is 0 Å². The molecule has 1 amide bonds. The molecule has 0 radical (unpaired) electrons. The van der Waals surface area contributed by atoms with Crippen molar-refractivity contribution in [2.75, 3.05) is 26.4 Å². The van der Waals surface area contributed by atoms with E-state index in [1.165, 1.54) is 12.0 Å². The van der Waals surface area contributed by atoms with Crippen LogP contribution in [-0.4, -0.2) is 43.3 Å². The zero-order valence-corrected chi connectivity index (χ0v) is 15.2. The van der Waals surface area contributed by atoms with E-state index in [1.807, 2.05) is 6.07 Å². The number of piperidine rings is 1. The molecule has 3 aliphatic rings. The van der Waals surface area contributed by atoms with E-state index in [4.69, 9.17) is 9.47 Å². The summed E-state index contributed by atoms with van der Waals surface area (Å²) >= 11 is 0. The first-order valence-corrected chi connectivity index (χ1v) is 9.69. The molecule has 0 N–H and O–H groups in total. The molecule has 3 fully saturated rings. The summed E-state index contributed by atoms with van der Waals surface area (Å²) in [5.41, 5.74) is 1.19. The van der Waals surface area contributed by atoms with Crippen LogP contribution >= 0.6 is 0 Å². The third-order valence-corrected chi connectivity index (χ3v) is 6.59.